The van der Waals surface area contributed by atoms with Crippen LogP contribution in [0.1, 0.15) is 5.69 Å². The van der Waals surface area contributed by atoms with Gasteiger partial charge in [0.2, 0.25) is 0 Å². The summed E-state index contributed by atoms with van der Waals surface area (Å²) in [5.41, 5.74) is 1.51. The zero-order chi connectivity index (χ0) is 16.6. The third-order valence-corrected chi connectivity index (χ3v) is 3.63. The molecule has 2 aromatic heterocycles. The largest absolute Gasteiger partial charge is 0.448 e. The molecule has 1 amide bonds. The molecule has 128 valence electrons. The number of amides is 1. The SMILES string of the molecule is O=C(NCc1cn(-c2ccncc2)nn1)OCCN1CCOCC1. The first-order valence-electron chi connectivity index (χ1n) is 7.83. The second-order valence-corrected chi connectivity index (χ2v) is 5.30. The van der Waals surface area contributed by atoms with Gasteiger partial charge in [0.1, 0.15) is 12.3 Å². The summed E-state index contributed by atoms with van der Waals surface area (Å²) in [6.45, 7) is 4.57. The molecule has 9 heteroatoms. The van der Waals surface area contributed by atoms with Crippen molar-refractivity contribution in [2.24, 2.45) is 0 Å². The molecule has 1 aliphatic rings. The van der Waals surface area contributed by atoms with E-state index in [1.807, 2.05) is 12.1 Å². The maximum atomic E-state index is 11.7. The fraction of sp³-hybridized carbons (Fsp3) is 0.467. The minimum atomic E-state index is -0.457. The maximum absolute atomic E-state index is 11.7. The van der Waals surface area contributed by atoms with Crippen LogP contribution in [0.3, 0.4) is 0 Å². The van der Waals surface area contributed by atoms with Crippen LogP contribution in [0.25, 0.3) is 5.69 Å². The van der Waals surface area contributed by atoms with Gasteiger partial charge in [0.15, 0.2) is 0 Å². The van der Waals surface area contributed by atoms with E-state index in [4.69, 9.17) is 9.47 Å². The first-order chi connectivity index (χ1) is 11.8. The minimum absolute atomic E-state index is 0.265. The number of aromatic nitrogens is 4. The van der Waals surface area contributed by atoms with Gasteiger partial charge in [-0.1, -0.05) is 5.21 Å². The summed E-state index contributed by atoms with van der Waals surface area (Å²) in [6.07, 6.45) is 4.66. The molecule has 24 heavy (non-hydrogen) atoms. The monoisotopic (exact) mass is 332 g/mol. The van der Waals surface area contributed by atoms with Crippen molar-refractivity contribution in [3.05, 3.63) is 36.4 Å². The number of ether oxygens (including phenoxy) is 2. The predicted molar refractivity (Wildman–Crippen MR) is 84.6 cm³/mol. The number of pyridine rings is 1. The van der Waals surface area contributed by atoms with Crippen LogP contribution in [0.2, 0.25) is 0 Å². The van der Waals surface area contributed by atoms with Gasteiger partial charge in [-0.2, -0.15) is 0 Å². The molecule has 3 heterocycles. The highest BCUT2D eigenvalue weighted by molar-refractivity contribution is 5.67. The van der Waals surface area contributed by atoms with Gasteiger partial charge in [-0.15, -0.1) is 5.10 Å². The number of nitrogens with one attached hydrogen (secondary N) is 1. The van der Waals surface area contributed by atoms with Gasteiger partial charge in [-0.25, -0.2) is 9.48 Å². The summed E-state index contributed by atoms with van der Waals surface area (Å²) in [5, 5.41) is 10.7. The van der Waals surface area contributed by atoms with Crippen LogP contribution in [-0.2, 0) is 16.0 Å². The summed E-state index contributed by atoms with van der Waals surface area (Å²) in [6, 6.07) is 3.65. The van der Waals surface area contributed by atoms with E-state index in [-0.39, 0.29) is 6.54 Å². The lowest BCUT2D eigenvalue weighted by Crippen LogP contribution is -2.39. The van der Waals surface area contributed by atoms with E-state index in [1.165, 1.54) is 0 Å². The molecule has 1 N–H and O–H groups in total. The van der Waals surface area contributed by atoms with Gasteiger partial charge in [-0.3, -0.25) is 9.88 Å². The van der Waals surface area contributed by atoms with E-state index in [2.05, 4.69) is 25.5 Å². The van der Waals surface area contributed by atoms with Crippen LogP contribution in [-0.4, -0.2) is 70.4 Å². The second-order valence-electron chi connectivity index (χ2n) is 5.30. The third-order valence-electron chi connectivity index (χ3n) is 3.63. The van der Waals surface area contributed by atoms with Crippen LogP contribution in [0.5, 0.6) is 0 Å². The van der Waals surface area contributed by atoms with Gasteiger partial charge < -0.3 is 14.8 Å². The fourth-order valence-corrected chi connectivity index (χ4v) is 2.31. The molecule has 2 aromatic rings. The standard InChI is InChI=1S/C15H20N6O3/c22-15(24-10-7-20-5-8-23-9-6-20)17-11-13-12-21(19-18-13)14-1-3-16-4-2-14/h1-4,12H,5-11H2,(H,17,22). The summed E-state index contributed by atoms with van der Waals surface area (Å²) in [5.74, 6) is 0. The summed E-state index contributed by atoms with van der Waals surface area (Å²) in [7, 11) is 0. The van der Waals surface area contributed by atoms with Crippen molar-refractivity contribution < 1.29 is 14.3 Å². The van der Waals surface area contributed by atoms with E-state index in [0.29, 0.717) is 12.3 Å². The van der Waals surface area contributed by atoms with E-state index in [0.717, 1.165) is 38.5 Å². The van der Waals surface area contributed by atoms with Crippen molar-refractivity contribution in [2.75, 3.05) is 39.5 Å². The summed E-state index contributed by atoms with van der Waals surface area (Å²) >= 11 is 0. The molecular formula is C15H20N6O3. The van der Waals surface area contributed by atoms with Crippen LogP contribution in [0.15, 0.2) is 30.7 Å². The molecule has 9 nitrogen and oxygen atoms in total. The van der Waals surface area contributed by atoms with Gasteiger partial charge in [0.05, 0.1) is 31.6 Å². The maximum Gasteiger partial charge on any atom is 0.407 e. The van der Waals surface area contributed by atoms with Crippen molar-refractivity contribution in [1.29, 1.82) is 0 Å². The topological polar surface area (TPSA) is 94.4 Å². The quantitative estimate of drug-likeness (QED) is 0.808. The molecule has 0 radical (unpaired) electrons. The Morgan fingerprint density at radius 2 is 2.08 bits per heavy atom. The molecule has 0 bridgehead atoms. The van der Waals surface area contributed by atoms with Crippen molar-refractivity contribution >= 4 is 6.09 Å². The van der Waals surface area contributed by atoms with E-state index in [9.17, 15) is 4.79 Å². The Hall–Kier alpha value is -2.52. The highest BCUT2D eigenvalue weighted by Gasteiger charge is 2.11. The Morgan fingerprint density at radius 1 is 1.29 bits per heavy atom. The van der Waals surface area contributed by atoms with Crippen molar-refractivity contribution in [3.63, 3.8) is 0 Å². The smallest absolute Gasteiger partial charge is 0.407 e. The molecular weight excluding hydrogens is 312 g/mol. The van der Waals surface area contributed by atoms with Gasteiger partial charge >= 0.3 is 6.09 Å². The zero-order valence-corrected chi connectivity index (χ0v) is 13.3. The lowest BCUT2D eigenvalue weighted by atomic mass is 10.4. The highest BCUT2D eigenvalue weighted by Crippen LogP contribution is 2.04. The average molecular weight is 332 g/mol. The number of rotatable bonds is 6. The van der Waals surface area contributed by atoms with E-state index in [1.54, 1.807) is 23.3 Å². The lowest BCUT2D eigenvalue weighted by Gasteiger charge is -2.26. The molecule has 0 saturated carbocycles. The molecule has 1 aliphatic heterocycles. The van der Waals surface area contributed by atoms with Gasteiger partial charge in [0.25, 0.3) is 0 Å². The number of alkyl carbamates (subject to hydrolysis) is 1. The number of morpholine rings is 1. The highest BCUT2D eigenvalue weighted by atomic mass is 16.5. The molecule has 0 aliphatic carbocycles. The molecule has 1 fully saturated rings. The second kappa shape index (κ2) is 8.37. The zero-order valence-electron chi connectivity index (χ0n) is 13.3. The lowest BCUT2D eigenvalue weighted by molar-refractivity contribution is 0.0281. The Morgan fingerprint density at radius 3 is 2.88 bits per heavy atom. The number of carbonyl (C=O) groups is 1. The number of hydrogen-bond donors (Lipinski definition) is 1. The minimum Gasteiger partial charge on any atom is -0.448 e. The predicted octanol–water partition coefficient (Wildman–Crippen LogP) is 0.221. The Bertz CT molecular complexity index is 642. The molecule has 3 rings (SSSR count). The normalized spacial score (nSPS) is 15.2. The van der Waals surface area contributed by atoms with E-state index >= 15 is 0 Å². The summed E-state index contributed by atoms with van der Waals surface area (Å²) in [4.78, 5) is 17.9. The first-order valence-corrected chi connectivity index (χ1v) is 7.83. The average Bonchev–Trinajstić information content (AvgIpc) is 3.11. The number of nitrogens with zero attached hydrogens (tertiary/aromatic N) is 5. The number of hydrogen-bond acceptors (Lipinski definition) is 7. The molecule has 0 aromatic carbocycles. The molecule has 1 saturated heterocycles. The summed E-state index contributed by atoms with van der Waals surface area (Å²) < 4.78 is 12.1. The van der Waals surface area contributed by atoms with Crippen molar-refractivity contribution in [1.82, 2.24) is 30.2 Å². The van der Waals surface area contributed by atoms with Crippen LogP contribution in [0, 0.1) is 0 Å². The Kier molecular flexibility index (Phi) is 5.70. The molecule has 0 unspecified atom stereocenters. The molecule has 0 spiro atoms. The first kappa shape index (κ1) is 16.3. The van der Waals surface area contributed by atoms with Crippen LogP contribution in [0.4, 0.5) is 4.79 Å². The number of carbonyl (C=O) groups excluding carboxylic acids is 1. The van der Waals surface area contributed by atoms with Crippen LogP contribution >= 0.6 is 0 Å². The van der Waals surface area contributed by atoms with Crippen molar-refractivity contribution in [2.45, 2.75) is 6.54 Å². The molecule has 0 atom stereocenters. The van der Waals surface area contributed by atoms with E-state index < -0.39 is 6.09 Å². The third kappa shape index (κ3) is 4.74. The van der Waals surface area contributed by atoms with Gasteiger partial charge in [-0.05, 0) is 12.1 Å². The van der Waals surface area contributed by atoms with Crippen molar-refractivity contribution in [3.8, 4) is 5.69 Å². The van der Waals surface area contributed by atoms with Gasteiger partial charge in [0, 0.05) is 32.0 Å². The Labute approximate surface area is 139 Å². The fourth-order valence-electron chi connectivity index (χ4n) is 2.31. The van der Waals surface area contributed by atoms with Crippen LogP contribution < -0.4 is 5.32 Å². The Balaban J connectivity index is 1.38.